The van der Waals surface area contributed by atoms with Crippen LogP contribution in [0, 0.1) is 12.3 Å². The van der Waals surface area contributed by atoms with Crippen molar-refractivity contribution in [2.75, 3.05) is 24.5 Å². The van der Waals surface area contributed by atoms with Crippen molar-refractivity contribution in [2.24, 2.45) is 5.41 Å². The third-order valence-corrected chi connectivity index (χ3v) is 6.52. The molecule has 1 saturated heterocycles. The number of nitrogens with one attached hydrogen (secondary N) is 1. The summed E-state index contributed by atoms with van der Waals surface area (Å²) in [6.07, 6.45) is 4.32. The first kappa shape index (κ1) is 19.2. The number of rotatable bonds is 5. The van der Waals surface area contributed by atoms with E-state index in [1.54, 1.807) is 18.3 Å². The number of carbonyl (C=O) groups excluding carboxylic acids is 2. The highest BCUT2D eigenvalue weighted by atomic mass is 32.1. The van der Waals surface area contributed by atoms with Gasteiger partial charge < -0.3 is 14.6 Å². The van der Waals surface area contributed by atoms with Crippen LogP contribution in [0.4, 0.5) is 5.13 Å². The van der Waals surface area contributed by atoms with E-state index < -0.39 is 0 Å². The van der Waals surface area contributed by atoms with Crippen LogP contribution in [0.25, 0.3) is 0 Å². The molecule has 0 saturated carbocycles. The van der Waals surface area contributed by atoms with Crippen LogP contribution in [0.5, 0.6) is 0 Å². The molecular weight excluding hydrogens is 374 g/mol. The van der Waals surface area contributed by atoms with Crippen molar-refractivity contribution in [3.63, 3.8) is 0 Å². The number of Topliss-reactive ketones (excluding diaryl/α,β-unsaturated/α-hetero) is 1. The van der Waals surface area contributed by atoms with Gasteiger partial charge in [-0.3, -0.25) is 9.59 Å². The molecule has 0 bridgehead atoms. The molecule has 7 heteroatoms. The molecule has 4 rings (SSSR count). The molecule has 0 unspecified atom stereocenters. The molecule has 1 aliphatic carbocycles. The van der Waals surface area contributed by atoms with E-state index >= 15 is 0 Å². The van der Waals surface area contributed by atoms with Crippen LogP contribution in [0.15, 0.2) is 9.80 Å². The number of thiazole rings is 1. The Balaban J connectivity index is 1.38. The van der Waals surface area contributed by atoms with Gasteiger partial charge in [-0.05, 0) is 25.2 Å². The smallest absolute Gasteiger partial charge is 0.287 e. The van der Waals surface area contributed by atoms with Crippen LogP contribution >= 0.6 is 11.3 Å². The number of furan rings is 1. The van der Waals surface area contributed by atoms with Crippen LogP contribution < -0.4 is 10.2 Å². The second-order valence-electron chi connectivity index (χ2n) is 8.62. The van der Waals surface area contributed by atoms with Gasteiger partial charge in [0.25, 0.3) is 5.91 Å². The van der Waals surface area contributed by atoms with Gasteiger partial charge in [0.05, 0.1) is 11.3 Å². The fourth-order valence-corrected chi connectivity index (χ4v) is 5.06. The Bertz CT molecular complexity index is 906. The average molecular weight is 402 g/mol. The number of hydrogen-bond acceptors (Lipinski definition) is 6. The van der Waals surface area contributed by atoms with Crippen LogP contribution in [0.2, 0.25) is 0 Å². The van der Waals surface area contributed by atoms with E-state index in [1.807, 2.05) is 0 Å². The number of ketones is 1. The highest BCUT2D eigenvalue weighted by Gasteiger charge is 2.37. The molecule has 150 valence electrons. The van der Waals surface area contributed by atoms with Gasteiger partial charge in [0.1, 0.15) is 5.76 Å². The first-order chi connectivity index (χ1) is 13.3. The molecule has 2 aromatic rings. The van der Waals surface area contributed by atoms with E-state index in [-0.39, 0.29) is 22.9 Å². The Kier molecular flexibility index (Phi) is 5.04. The fourth-order valence-electron chi connectivity index (χ4n) is 4.15. The van der Waals surface area contributed by atoms with Crippen molar-refractivity contribution in [2.45, 2.75) is 52.9 Å². The van der Waals surface area contributed by atoms with E-state index in [1.165, 1.54) is 12.8 Å². The number of aromatic nitrogens is 1. The zero-order valence-electron chi connectivity index (χ0n) is 16.8. The Morgan fingerprint density at radius 3 is 2.82 bits per heavy atom. The van der Waals surface area contributed by atoms with Gasteiger partial charge in [-0.15, -0.1) is 11.3 Å². The maximum absolute atomic E-state index is 12.6. The zero-order chi connectivity index (χ0) is 19.9. The minimum atomic E-state index is -0.257. The molecule has 2 aliphatic rings. The summed E-state index contributed by atoms with van der Waals surface area (Å²) in [5.74, 6) is 0.738. The summed E-state index contributed by atoms with van der Waals surface area (Å²) in [4.78, 5) is 32.1. The van der Waals surface area contributed by atoms with Gasteiger partial charge in [0, 0.05) is 49.8 Å². The summed E-state index contributed by atoms with van der Waals surface area (Å²) in [5.41, 5.74) is 2.15. The Hall–Kier alpha value is -2.15. The average Bonchev–Trinajstić information content (AvgIpc) is 3.33. The molecule has 3 heterocycles. The highest BCUT2D eigenvalue weighted by Crippen LogP contribution is 2.38. The first-order valence-electron chi connectivity index (χ1n) is 9.97. The van der Waals surface area contributed by atoms with E-state index in [9.17, 15) is 9.59 Å². The van der Waals surface area contributed by atoms with E-state index in [0.717, 1.165) is 23.9 Å². The molecule has 1 amide bonds. The summed E-state index contributed by atoms with van der Waals surface area (Å²) in [6.45, 7) is 8.57. The second kappa shape index (κ2) is 7.35. The number of anilines is 1. The van der Waals surface area contributed by atoms with Crippen molar-refractivity contribution >= 4 is 28.2 Å². The standard InChI is InChI=1S/C21H27N3O3S/c1-13-17-15(25)10-21(2,3)11-16(17)27-18(13)19(26)22-7-6-14-12-28-20(23-14)24-8-4-5-9-24/h12H,4-11H2,1-3H3,(H,22,26). The molecule has 28 heavy (non-hydrogen) atoms. The minimum Gasteiger partial charge on any atom is -0.455 e. The first-order valence-corrected chi connectivity index (χ1v) is 10.8. The molecular formula is C21H27N3O3S. The van der Waals surface area contributed by atoms with Gasteiger partial charge >= 0.3 is 0 Å². The van der Waals surface area contributed by atoms with Crippen molar-refractivity contribution in [3.05, 3.63) is 33.7 Å². The van der Waals surface area contributed by atoms with E-state index in [0.29, 0.717) is 42.7 Å². The van der Waals surface area contributed by atoms with Gasteiger partial charge in [-0.1, -0.05) is 13.8 Å². The van der Waals surface area contributed by atoms with E-state index in [4.69, 9.17) is 4.42 Å². The van der Waals surface area contributed by atoms with Gasteiger partial charge in [0.2, 0.25) is 0 Å². The predicted octanol–water partition coefficient (Wildman–Crippen LogP) is 3.77. The lowest BCUT2D eigenvalue weighted by Crippen LogP contribution is -2.26. The van der Waals surface area contributed by atoms with Crippen molar-refractivity contribution < 1.29 is 14.0 Å². The normalized spacial score (nSPS) is 18.4. The van der Waals surface area contributed by atoms with Gasteiger partial charge in [-0.25, -0.2) is 4.98 Å². The Morgan fingerprint density at radius 2 is 2.07 bits per heavy atom. The molecule has 1 aliphatic heterocycles. The second-order valence-corrected chi connectivity index (χ2v) is 9.45. The highest BCUT2D eigenvalue weighted by molar-refractivity contribution is 7.13. The summed E-state index contributed by atoms with van der Waals surface area (Å²) in [6, 6.07) is 0. The maximum Gasteiger partial charge on any atom is 0.287 e. The summed E-state index contributed by atoms with van der Waals surface area (Å²) >= 11 is 1.67. The summed E-state index contributed by atoms with van der Waals surface area (Å²) in [5, 5.41) is 6.06. The Morgan fingerprint density at radius 1 is 1.32 bits per heavy atom. The molecule has 0 atom stereocenters. The topological polar surface area (TPSA) is 75.4 Å². The fraction of sp³-hybridized carbons (Fsp3) is 0.571. The number of carbonyl (C=O) groups is 2. The molecule has 6 nitrogen and oxygen atoms in total. The molecule has 0 radical (unpaired) electrons. The quantitative estimate of drug-likeness (QED) is 0.825. The SMILES string of the molecule is Cc1c(C(=O)NCCc2csc(N3CCCC3)n2)oc2c1C(=O)CC(C)(C)C2. The molecule has 0 spiro atoms. The summed E-state index contributed by atoms with van der Waals surface area (Å²) < 4.78 is 5.83. The van der Waals surface area contributed by atoms with Gasteiger partial charge in [-0.2, -0.15) is 0 Å². The third kappa shape index (κ3) is 3.72. The molecule has 0 aromatic carbocycles. The molecule has 1 N–H and O–H groups in total. The van der Waals surface area contributed by atoms with E-state index in [2.05, 4.69) is 34.4 Å². The predicted molar refractivity (Wildman–Crippen MR) is 109 cm³/mol. The third-order valence-electron chi connectivity index (χ3n) is 5.57. The monoisotopic (exact) mass is 401 g/mol. The van der Waals surface area contributed by atoms with Crippen LogP contribution in [-0.4, -0.2) is 36.3 Å². The van der Waals surface area contributed by atoms with Crippen molar-refractivity contribution in [1.29, 1.82) is 0 Å². The lowest BCUT2D eigenvalue weighted by Gasteiger charge is -2.27. The van der Waals surface area contributed by atoms with Crippen LogP contribution in [0.1, 0.15) is 71.0 Å². The lowest BCUT2D eigenvalue weighted by atomic mass is 9.76. The number of amides is 1. The van der Waals surface area contributed by atoms with Gasteiger partial charge in [0.15, 0.2) is 16.7 Å². The molecule has 1 fully saturated rings. The Labute approximate surface area is 169 Å². The number of fused-ring (bicyclic) bond motifs is 1. The largest absolute Gasteiger partial charge is 0.455 e. The zero-order valence-corrected chi connectivity index (χ0v) is 17.6. The molecule has 2 aromatic heterocycles. The number of nitrogens with zero attached hydrogens (tertiary/aromatic N) is 2. The summed E-state index contributed by atoms with van der Waals surface area (Å²) in [7, 11) is 0. The van der Waals surface area contributed by atoms with Crippen LogP contribution in [0.3, 0.4) is 0 Å². The lowest BCUT2D eigenvalue weighted by molar-refractivity contribution is 0.0889. The van der Waals surface area contributed by atoms with Crippen molar-refractivity contribution in [3.8, 4) is 0 Å². The van der Waals surface area contributed by atoms with Crippen LogP contribution in [-0.2, 0) is 12.8 Å². The number of hydrogen-bond donors (Lipinski definition) is 1. The minimum absolute atomic E-state index is 0.0727. The van der Waals surface area contributed by atoms with Crippen molar-refractivity contribution in [1.82, 2.24) is 10.3 Å². The maximum atomic E-state index is 12.6.